The molecule has 1 heterocycles. The second-order valence-corrected chi connectivity index (χ2v) is 4.47. The molecule has 0 aliphatic rings. The Morgan fingerprint density at radius 1 is 1.25 bits per heavy atom. The van der Waals surface area contributed by atoms with Crippen molar-refractivity contribution in [2.45, 2.75) is 20.4 Å². The quantitative estimate of drug-likeness (QED) is 0.778. The fraction of sp³-hybridized carbons (Fsp3) is 0.267. The van der Waals surface area contributed by atoms with E-state index >= 15 is 0 Å². The molecule has 5 heteroatoms. The minimum absolute atomic E-state index is 0.0742. The molecule has 0 amide bonds. The highest BCUT2D eigenvalue weighted by Crippen LogP contribution is 2.10. The fourth-order valence-corrected chi connectivity index (χ4v) is 1.93. The van der Waals surface area contributed by atoms with Crippen LogP contribution in [0.15, 0.2) is 35.1 Å². The molecule has 20 heavy (non-hydrogen) atoms. The molecule has 0 N–H and O–H groups in total. The first-order chi connectivity index (χ1) is 9.60. The van der Waals surface area contributed by atoms with Crippen LogP contribution in [0, 0.1) is 13.8 Å². The van der Waals surface area contributed by atoms with Gasteiger partial charge in [-0.3, -0.25) is 14.2 Å². The number of nitrogens with zero attached hydrogens (tertiary/aromatic N) is 2. The molecule has 1 aromatic carbocycles. The van der Waals surface area contributed by atoms with Crippen molar-refractivity contribution in [2.75, 3.05) is 6.61 Å². The van der Waals surface area contributed by atoms with Crippen LogP contribution in [0.1, 0.15) is 21.9 Å². The van der Waals surface area contributed by atoms with Crippen molar-refractivity contribution in [2.24, 2.45) is 0 Å². The monoisotopic (exact) mass is 272 g/mol. The Hall–Kier alpha value is -2.43. The number of aromatic nitrogens is 2. The van der Waals surface area contributed by atoms with Gasteiger partial charge in [0.1, 0.15) is 24.5 Å². The average Bonchev–Trinajstić information content (AvgIpc) is 2.42. The molecule has 0 aliphatic heterocycles. The zero-order chi connectivity index (χ0) is 14.5. The summed E-state index contributed by atoms with van der Waals surface area (Å²) in [6.45, 7) is 4.40. The number of aryl methyl sites for hydroxylation is 2. The Balaban J connectivity index is 1.99. The number of ether oxygens (including phenoxy) is 1. The van der Waals surface area contributed by atoms with E-state index in [1.54, 1.807) is 42.7 Å². The largest absolute Gasteiger partial charge is 0.492 e. The van der Waals surface area contributed by atoms with Gasteiger partial charge in [0.2, 0.25) is 0 Å². The van der Waals surface area contributed by atoms with Gasteiger partial charge in [0.05, 0.1) is 6.54 Å². The Bertz CT molecular complexity index is 660. The molecule has 0 bridgehead atoms. The van der Waals surface area contributed by atoms with Crippen molar-refractivity contribution in [3.05, 3.63) is 57.8 Å². The van der Waals surface area contributed by atoms with E-state index in [2.05, 4.69) is 4.98 Å². The maximum Gasteiger partial charge on any atom is 0.253 e. The Kier molecular flexibility index (Phi) is 4.30. The summed E-state index contributed by atoms with van der Waals surface area (Å²) in [4.78, 5) is 26.6. The van der Waals surface area contributed by atoms with E-state index in [1.165, 1.54) is 6.07 Å². The molecule has 0 saturated heterocycles. The minimum Gasteiger partial charge on any atom is -0.492 e. The molecule has 0 atom stereocenters. The van der Waals surface area contributed by atoms with Crippen molar-refractivity contribution >= 4 is 6.29 Å². The molecule has 0 spiro atoms. The van der Waals surface area contributed by atoms with Crippen molar-refractivity contribution < 1.29 is 9.53 Å². The molecular formula is C15H16N2O3. The third-order valence-electron chi connectivity index (χ3n) is 2.93. The summed E-state index contributed by atoms with van der Waals surface area (Å²) in [7, 11) is 0. The molecule has 0 saturated carbocycles. The van der Waals surface area contributed by atoms with E-state index < -0.39 is 0 Å². The summed E-state index contributed by atoms with van der Waals surface area (Å²) < 4.78 is 7.12. The van der Waals surface area contributed by atoms with Gasteiger partial charge in [0.25, 0.3) is 5.56 Å². The summed E-state index contributed by atoms with van der Waals surface area (Å²) >= 11 is 0. The van der Waals surface area contributed by atoms with Crippen LogP contribution in [0.2, 0.25) is 0 Å². The van der Waals surface area contributed by atoms with Gasteiger partial charge in [-0.05, 0) is 38.1 Å². The molecule has 2 rings (SSSR count). The first-order valence-corrected chi connectivity index (χ1v) is 6.33. The van der Waals surface area contributed by atoms with E-state index in [-0.39, 0.29) is 5.56 Å². The van der Waals surface area contributed by atoms with E-state index in [0.717, 1.165) is 6.29 Å². The van der Waals surface area contributed by atoms with E-state index in [1.807, 2.05) is 0 Å². The van der Waals surface area contributed by atoms with Crippen molar-refractivity contribution in [1.82, 2.24) is 9.55 Å². The van der Waals surface area contributed by atoms with Gasteiger partial charge >= 0.3 is 0 Å². The predicted octanol–water partition coefficient (Wildman–Crippen LogP) is 1.75. The van der Waals surface area contributed by atoms with Gasteiger partial charge in [0, 0.05) is 17.3 Å². The van der Waals surface area contributed by atoms with E-state index in [0.29, 0.717) is 36.0 Å². The zero-order valence-corrected chi connectivity index (χ0v) is 11.5. The summed E-state index contributed by atoms with van der Waals surface area (Å²) in [6.07, 6.45) is 0.782. The maximum absolute atomic E-state index is 11.8. The van der Waals surface area contributed by atoms with Crippen molar-refractivity contribution in [3.63, 3.8) is 0 Å². The lowest BCUT2D eigenvalue weighted by atomic mass is 10.2. The lowest BCUT2D eigenvalue weighted by Crippen LogP contribution is -2.26. The van der Waals surface area contributed by atoms with Gasteiger partial charge in [-0.2, -0.15) is 0 Å². The SMILES string of the molecule is Cc1cc(=O)n(CCOc2ccc(C=O)cc2)c(C)n1. The third-order valence-corrected chi connectivity index (χ3v) is 2.93. The van der Waals surface area contributed by atoms with Crippen LogP contribution in [0.3, 0.4) is 0 Å². The number of benzene rings is 1. The smallest absolute Gasteiger partial charge is 0.253 e. The average molecular weight is 272 g/mol. The molecule has 0 fully saturated rings. The second kappa shape index (κ2) is 6.14. The molecule has 2 aromatic rings. The van der Waals surface area contributed by atoms with Gasteiger partial charge in [-0.15, -0.1) is 0 Å². The van der Waals surface area contributed by atoms with Crippen LogP contribution in [-0.4, -0.2) is 22.4 Å². The fourth-order valence-electron chi connectivity index (χ4n) is 1.93. The Morgan fingerprint density at radius 3 is 2.55 bits per heavy atom. The zero-order valence-electron chi connectivity index (χ0n) is 11.5. The Morgan fingerprint density at radius 2 is 1.95 bits per heavy atom. The van der Waals surface area contributed by atoms with Crippen molar-refractivity contribution in [3.8, 4) is 5.75 Å². The van der Waals surface area contributed by atoms with Crippen molar-refractivity contribution in [1.29, 1.82) is 0 Å². The lowest BCUT2D eigenvalue weighted by molar-refractivity contribution is 0.112. The van der Waals surface area contributed by atoms with Crippen LogP contribution >= 0.6 is 0 Å². The first kappa shape index (κ1) is 14.0. The van der Waals surface area contributed by atoms with Gasteiger partial charge in [0.15, 0.2) is 0 Å². The van der Waals surface area contributed by atoms with Gasteiger partial charge < -0.3 is 4.74 Å². The van der Waals surface area contributed by atoms with Crippen LogP contribution in [0.4, 0.5) is 0 Å². The lowest BCUT2D eigenvalue weighted by Gasteiger charge is -2.11. The number of aldehydes is 1. The molecule has 104 valence electrons. The standard InChI is InChI=1S/C15H16N2O3/c1-11-9-15(19)17(12(2)16-11)7-8-20-14-5-3-13(10-18)4-6-14/h3-6,9-10H,7-8H2,1-2H3. The number of hydrogen-bond acceptors (Lipinski definition) is 4. The second-order valence-electron chi connectivity index (χ2n) is 4.47. The molecule has 1 aromatic heterocycles. The molecule has 5 nitrogen and oxygen atoms in total. The number of carbonyl (C=O) groups is 1. The van der Waals surface area contributed by atoms with Crippen LogP contribution in [-0.2, 0) is 6.54 Å². The van der Waals surface area contributed by atoms with Gasteiger partial charge in [-0.1, -0.05) is 0 Å². The summed E-state index contributed by atoms with van der Waals surface area (Å²) in [6, 6.07) is 8.34. The van der Waals surface area contributed by atoms with Crippen LogP contribution in [0.5, 0.6) is 5.75 Å². The summed E-state index contributed by atoms with van der Waals surface area (Å²) in [5, 5.41) is 0. The van der Waals surface area contributed by atoms with E-state index in [4.69, 9.17) is 4.74 Å². The third kappa shape index (κ3) is 3.32. The molecule has 0 unspecified atom stereocenters. The maximum atomic E-state index is 11.8. The van der Waals surface area contributed by atoms with Crippen LogP contribution < -0.4 is 10.3 Å². The highest BCUT2D eigenvalue weighted by molar-refractivity contribution is 5.74. The Labute approximate surface area is 116 Å². The highest BCUT2D eigenvalue weighted by Gasteiger charge is 2.03. The van der Waals surface area contributed by atoms with Gasteiger partial charge in [-0.25, -0.2) is 4.98 Å². The number of rotatable bonds is 5. The topological polar surface area (TPSA) is 61.2 Å². The highest BCUT2D eigenvalue weighted by atomic mass is 16.5. The molecule has 0 radical (unpaired) electrons. The molecule has 0 aliphatic carbocycles. The normalized spacial score (nSPS) is 10.3. The predicted molar refractivity (Wildman–Crippen MR) is 75.3 cm³/mol. The number of carbonyl (C=O) groups excluding carboxylic acids is 1. The summed E-state index contributed by atoms with van der Waals surface area (Å²) in [5.74, 6) is 1.34. The first-order valence-electron chi connectivity index (χ1n) is 6.33. The van der Waals surface area contributed by atoms with E-state index in [9.17, 15) is 9.59 Å². The number of hydrogen-bond donors (Lipinski definition) is 0. The summed E-state index contributed by atoms with van der Waals surface area (Å²) in [5.41, 5.74) is 1.25. The van der Waals surface area contributed by atoms with Crippen LogP contribution in [0.25, 0.3) is 0 Å². The minimum atomic E-state index is -0.0742. The molecular weight excluding hydrogens is 256 g/mol.